The first-order valence-corrected chi connectivity index (χ1v) is 7.91. The fourth-order valence-corrected chi connectivity index (χ4v) is 2.86. The van der Waals surface area contributed by atoms with Crippen molar-refractivity contribution in [1.29, 1.82) is 5.26 Å². The first-order valence-electron chi connectivity index (χ1n) is 6.69. The molecular weight excluding hydrogens is 270 g/mol. The number of nitrogens with zero attached hydrogens (tertiary/aromatic N) is 3. The molecule has 1 aliphatic rings. The number of carbonyl (C=O) groups is 1. The van der Waals surface area contributed by atoms with Gasteiger partial charge in [0.15, 0.2) is 0 Å². The maximum Gasteiger partial charge on any atom is 0.219 e. The number of hydrogen-bond donors (Lipinski definition) is 0. The Kier molecular flexibility index (Phi) is 5.05. The molecule has 0 spiro atoms. The molecule has 1 atom stereocenters. The van der Waals surface area contributed by atoms with Crippen LogP contribution in [0.2, 0.25) is 0 Å². The largest absolute Gasteiger partial charge is 0.340 e. The molecule has 0 N–H and O–H groups in total. The molecule has 5 heteroatoms. The Balaban J connectivity index is 2.05. The van der Waals surface area contributed by atoms with Gasteiger partial charge >= 0.3 is 0 Å². The Labute approximate surface area is 124 Å². The molecule has 0 aromatic heterocycles. The summed E-state index contributed by atoms with van der Waals surface area (Å²) in [7, 11) is 0. The molecule has 0 bridgehead atoms. The van der Waals surface area contributed by atoms with E-state index in [-0.39, 0.29) is 11.9 Å². The normalized spacial score (nSPS) is 17.6. The molecule has 1 aliphatic heterocycles. The maximum atomic E-state index is 11.3. The van der Waals surface area contributed by atoms with Gasteiger partial charge in [-0.1, -0.05) is 12.1 Å². The highest BCUT2D eigenvalue weighted by molar-refractivity contribution is 7.98. The van der Waals surface area contributed by atoms with E-state index in [2.05, 4.69) is 23.1 Å². The zero-order valence-electron chi connectivity index (χ0n) is 11.9. The van der Waals surface area contributed by atoms with Gasteiger partial charge in [-0.15, -0.1) is 11.8 Å². The number of rotatable bonds is 3. The van der Waals surface area contributed by atoms with E-state index in [1.54, 1.807) is 18.7 Å². The van der Waals surface area contributed by atoms with Crippen LogP contribution in [-0.4, -0.2) is 48.1 Å². The van der Waals surface area contributed by atoms with Crippen molar-refractivity contribution in [2.45, 2.75) is 17.9 Å². The second-order valence-corrected chi connectivity index (χ2v) is 5.73. The average molecular weight is 289 g/mol. The monoisotopic (exact) mass is 289 g/mol. The predicted octanol–water partition coefficient (Wildman–Crippen LogP) is 2.14. The molecule has 106 valence electrons. The highest BCUT2D eigenvalue weighted by Gasteiger charge is 2.25. The summed E-state index contributed by atoms with van der Waals surface area (Å²) in [6.45, 7) is 4.51. The number of benzene rings is 1. The van der Waals surface area contributed by atoms with Crippen molar-refractivity contribution in [2.24, 2.45) is 0 Å². The highest BCUT2D eigenvalue weighted by Crippen LogP contribution is 2.24. The van der Waals surface area contributed by atoms with Gasteiger partial charge in [0.05, 0.1) is 6.07 Å². The minimum Gasteiger partial charge on any atom is -0.340 e. The lowest BCUT2D eigenvalue weighted by Crippen LogP contribution is -2.48. The van der Waals surface area contributed by atoms with Gasteiger partial charge in [-0.05, 0) is 24.0 Å². The molecule has 1 unspecified atom stereocenters. The fraction of sp³-hybridized carbons (Fsp3) is 0.467. The van der Waals surface area contributed by atoms with Gasteiger partial charge in [-0.3, -0.25) is 9.69 Å². The Hall–Kier alpha value is -1.51. The molecule has 2 rings (SSSR count). The summed E-state index contributed by atoms with van der Waals surface area (Å²) in [6.07, 6.45) is 2.04. The van der Waals surface area contributed by atoms with Crippen LogP contribution in [0.25, 0.3) is 0 Å². The summed E-state index contributed by atoms with van der Waals surface area (Å²) < 4.78 is 0. The second-order valence-electron chi connectivity index (χ2n) is 4.85. The number of carbonyl (C=O) groups excluding carboxylic acids is 1. The van der Waals surface area contributed by atoms with E-state index >= 15 is 0 Å². The van der Waals surface area contributed by atoms with Gasteiger partial charge in [0, 0.05) is 38.0 Å². The lowest BCUT2D eigenvalue weighted by Gasteiger charge is -2.36. The molecule has 1 amide bonds. The van der Waals surface area contributed by atoms with Crippen molar-refractivity contribution in [3.05, 3.63) is 29.8 Å². The van der Waals surface area contributed by atoms with Crippen LogP contribution < -0.4 is 0 Å². The molecule has 1 aromatic rings. The van der Waals surface area contributed by atoms with Crippen molar-refractivity contribution in [3.8, 4) is 6.07 Å². The number of nitriles is 1. The van der Waals surface area contributed by atoms with Gasteiger partial charge in [0.1, 0.15) is 6.04 Å². The minimum atomic E-state index is -0.222. The quantitative estimate of drug-likeness (QED) is 0.800. The summed E-state index contributed by atoms with van der Waals surface area (Å²) in [5, 5.41) is 9.46. The molecule has 1 heterocycles. The molecule has 4 nitrogen and oxygen atoms in total. The third-order valence-electron chi connectivity index (χ3n) is 3.68. The molecule has 1 fully saturated rings. The van der Waals surface area contributed by atoms with Crippen LogP contribution in [0.15, 0.2) is 29.2 Å². The molecule has 20 heavy (non-hydrogen) atoms. The average Bonchev–Trinajstić information content (AvgIpc) is 2.49. The fourth-order valence-electron chi connectivity index (χ4n) is 2.45. The third-order valence-corrected chi connectivity index (χ3v) is 4.42. The molecule has 1 aromatic carbocycles. The lowest BCUT2D eigenvalue weighted by atomic mass is 10.1. The van der Waals surface area contributed by atoms with Crippen molar-refractivity contribution in [2.75, 3.05) is 32.4 Å². The van der Waals surface area contributed by atoms with Crippen molar-refractivity contribution in [1.82, 2.24) is 9.80 Å². The zero-order valence-corrected chi connectivity index (χ0v) is 12.7. The first-order chi connectivity index (χ1) is 9.65. The maximum absolute atomic E-state index is 11.3. The molecule has 1 saturated heterocycles. The Morgan fingerprint density at radius 1 is 1.25 bits per heavy atom. The summed E-state index contributed by atoms with van der Waals surface area (Å²) in [6, 6.07) is 10.3. The third kappa shape index (κ3) is 3.33. The Morgan fingerprint density at radius 2 is 1.85 bits per heavy atom. The van der Waals surface area contributed by atoms with E-state index in [0.29, 0.717) is 13.1 Å². The highest BCUT2D eigenvalue weighted by atomic mass is 32.2. The van der Waals surface area contributed by atoms with Crippen LogP contribution >= 0.6 is 11.8 Å². The van der Waals surface area contributed by atoms with Crippen LogP contribution in [0.1, 0.15) is 18.5 Å². The number of hydrogen-bond acceptors (Lipinski definition) is 4. The van der Waals surface area contributed by atoms with Crippen LogP contribution in [-0.2, 0) is 4.79 Å². The Morgan fingerprint density at radius 3 is 2.30 bits per heavy atom. The van der Waals surface area contributed by atoms with Crippen molar-refractivity contribution >= 4 is 17.7 Å². The van der Waals surface area contributed by atoms with E-state index in [1.807, 2.05) is 23.3 Å². The molecular formula is C15H19N3OS. The summed E-state index contributed by atoms with van der Waals surface area (Å²) in [4.78, 5) is 16.5. The van der Waals surface area contributed by atoms with Crippen molar-refractivity contribution < 1.29 is 4.79 Å². The van der Waals surface area contributed by atoms with E-state index in [1.165, 1.54) is 4.90 Å². The SMILES string of the molecule is CSc1ccc(C(C#N)N2CCN(C(C)=O)CC2)cc1. The smallest absolute Gasteiger partial charge is 0.219 e. The van der Waals surface area contributed by atoms with Gasteiger partial charge < -0.3 is 4.90 Å². The number of thioether (sulfide) groups is 1. The Bertz CT molecular complexity index is 501. The molecule has 0 radical (unpaired) electrons. The number of amides is 1. The molecule has 0 aliphatic carbocycles. The zero-order chi connectivity index (χ0) is 14.5. The van der Waals surface area contributed by atoms with Crippen LogP contribution in [0, 0.1) is 11.3 Å². The summed E-state index contributed by atoms with van der Waals surface area (Å²) in [5.41, 5.74) is 1.03. The first kappa shape index (κ1) is 14.9. The lowest BCUT2D eigenvalue weighted by molar-refractivity contribution is -0.130. The predicted molar refractivity (Wildman–Crippen MR) is 80.4 cm³/mol. The van der Waals surface area contributed by atoms with Crippen LogP contribution in [0.4, 0.5) is 0 Å². The standard InChI is InChI=1S/C15H19N3OS/c1-12(19)17-7-9-18(10-8-17)15(11-16)13-3-5-14(20-2)6-4-13/h3-6,15H,7-10H2,1-2H3. The van der Waals surface area contributed by atoms with Gasteiger partial charge in [-0.2, -0.15) is 5.26 Å². The topological polar surface area (TPSA) is 47.3 Å². The van der Waals surface area contributed by atoms with Gasteiger partial charge in [0.25, 0.3) is 0 Å². The summed E-state index contributed by atoms with van der Waals surface area (Å²) >= 11 is 1.70. The second kappa shape index (κ2) is 6.78. The van der Waals surface area contributed by atoms with E-state index in [0.717, 1.165) is 18.7 Å². The van der Waals surface area contributed by atoms with Crippen LogP contribution in [0.5, 0.6) is 0 Å². The van der Waals surface area contributed by atoms with E-state index in [4.69, 9.17) is 0 Å². The van der Waals surface area contributed by atoms with E-state index < -0.39 is 0 Å². The van der Waals surface area contributed by atoms with Gasteiger partial charge in [0.2, 0.25) is 5.91 Å². The van der Waals surface area contributed by atoms with Crippen LogP contribution in [0.3, 0.4) is 0 Å². The van der Waals surface area contributed by atoms with Gasteiger partial charge in [-0.25, -0.2) is 0 Å². The minimum absolute atomic E-state index is 0.113. The summed E-state index contributed by atoms with van der Waals surface area (Å²) in [5.74, 6) is 0.113. The van der Waals surface area contributed by atoms with E-state index in [9.17, 15) is 10.1 Å². The molecule has 0 saturated carbocycles. The van der Waals surface area contributed by atoms with Crippen molar-refractivity contribution in [3.63, 3.8) is 0 Å². The number of piperazine rings is 1.